The lowest BCUT2D eigenvalue weighted by atomic mass is 9.92. The summed E-state index contributed by atoms with van der Waals surface area (Å²) in [7, 11) is 1.54. The summed E-state index contributed by atoms with van der Waals surface area (Å²) in [6, 6.07) is 11.2. The van der Waals surface area contributed by atoms with Gasteiger partial charge in [-0.2, -0.15) is 0 Å². The molecule has 1 amide bonds. The number of ether oxygens (including phenoxy) is 1. The fraction of sp³-hybridized carbons (Fsp3) is 0.350. The number of halogens is 1. The quantitative estimate of drug-likeness (QED) is 0.738. The molecule has 0 aliphatic rings. The Bertz CT molecular complexity index is 712. The highest BCUT2D eigenvalue weighted by Crippen LogP contribution is 2.33. The van der Waals surface area contributed by atoms with E-state index < -0.39 is 0 Å². The first-order chi connectivity index (χ1) is 11.3. The summed E-state index contributed by atoms with van der Waals surface area (Å²) >= 11 is 6.05. The van der Waals surface area contributed by atoms with Gasteiger partial charge in [0.1, 0.15) is 5.75 Å². The maximum atomic E-state index is 12.8. The highest BCUT2D eigenvalue weighted by molar-refractivity contribution is 6.31. The van der Waals surface area contributed by atoms with Gasteiger partial charge in [0.05, 0.1) is 12.7 Å². The second-order valence-electron chi connectivity index (χ2n) is 6.42. The molecule has 0 aliphatic heterocycles. The smallest absolute Gasteiger partial charge is 0.259 e. The second kappa shape index (κ2) is 7.71. The highest BCUT2D eigenvalue weighted by Gasteiger charge is 2.19. The molecule has 2 aromatic rings. The monoisotopic (exact) mass is 345 g/mol. The number of para-hydroxylation sites is 1. The van der Waals surface area contributed by atoms with Crippen LogP contribution in [0.25, 0.3) is 0 Å². The zero-order chi connectivity index (χ0) is 17.9. The van der Waals surface area contributed by atoms with Crippen LogP contribution in [-0.4, -0.2) is 13.0 Å². The first-order valence-electron chi connectivity index (χ1n) is 8.12. The van der Waals surface area contributed by atoms with Crippen LogP contribution in [0.15, 0.2) is 36.4 Å². The Morgan fingerprint density at radius 3 is 2.12 bits per heavy atom. The van der Waals surface area contributed by atoms with Gasteiger partial charge in [-0.05, 0) is 41.2 Å². The number of carbonyl (C=O) groups is 1. The van der Waals surface area contributed by atoms with E-state index in [0.717, 1.165) is 16.8 Å². The second-order valence-corrected chi connectivity index (χ2v) is 6.86. The molecule has 0 radical (unpaired) electrons. The third kappa shape index (κ3) is 3.90. The highest BCUT2D eigenvalue weighted by atomic mass is 35.5. The van der Waals surface area contributed by atoms with Gasteiger partial charge in [-0.25, -0.2) is 0 Å². The van der Waals surface area contributed by atoms with E-state index in [4.69, 9.17) is 16.3 Å². The predicted octanol–water partition coefficient (Wildman–Crippen LogP) is 5.85. The summed E-state index contributed by atoms with van der Waals surface area (Å²) in [4.78, 5) is 12.8. The molecule has 0 heterocycles. The molecule has 128 valence electrons. The van der Waals surface area contributed by atoms with Crippen LogP contribution in [0.3, 0.4) is 0 Å². The van der Waals surface area contributed by atoms with Crippen LogP contribution in [0.2, 0.25) is 5.02 Å². The van der Waals surface area contributed by atoms with Gasteiger partial charge >= 0.3 is 0 Å². The molecule has 2 rings (SSSR count). The van der Waals surface area contributed by atoms with E-state index in [1.807, 2.05) is 6.07 Å². The number of benzene rings is 2. The number of nitrogens with one attached hydrogen (secondary N) is 1. The molecule has 0 fully saturated rings. The maximum absolute atomic E-state index is 12.8. The van der Waals surface area contributed by atoms with Crippen LogP contribution in [0.1, 0.15) is 61.0 Å². The Kier molecular flexibility index (Phi) is 5.89. The van der Waals surface area contributed by atoms with E-state index in [-0.39, 0.29) is 5.91 Å². The van der Waals surface area contributed by atoms with Crippen molar-refractivity contribution in [3.8, 4) is 5.75 Å². The summed E-state index contributed by atoms with van der Waals surface area (Å²) in [5.41, 5.74) is 3.55. The molecule has 0 aliphatic carbocycles. The van der Waals surface area contributed by atoms with Crippen LogP contribution >= 0.6 is 11.6 Å². The van der Waals surface area contributed by atoms with E-state index in [1.165, 1.54) is 0 Å². The maximum Gasteiger partial charge on any atom is 0.259 e. The molecule has 2 aromatic carbocycles. The van der Waals surface area contributed by atoms with E-state index in [1.54, 1.807) is 25.3 Å². The Hall–Kier alpha value is -2.00. The van der Waals surface area contributed by atoms with Crippen LogP contribution in [0, 0.1) is 0 Å². The number of methoxy groups -OCH3 is 1. The summed E-state index contributed by atoms with van der Waals surface area (Å²) in [5, 5.41) is 3.58. The average Bonchev–Trinajstić information content (AvgIpc) is 2.54. The first-order valence-corrected chi connectivity index (χ1v) is 8.50. The molecule has 0 aromatic heterocycles. The van der Waals surface area contributed by atoms with Gasteiger partial charge in [-0.15, -0.1) is 0 Å². The lowest BCUT2D eigenvalue weighted by Gasteiger charge is -2.20. The van der Waals surface area contributed by atoms with Crippen molar-refractivity contribution in [3.63, 3.8) is 0 Å². The normalized spacial score (nSPS) is 11.0. The Labute approximate surface area is 149 Å². The lowest BCUT2D eigenvalue weighted by molar-refractivity contribution is 0.102. The molecular formula is C20H24ClNO2. The fourth-order valence-electron chi connectivity index (χ4n) is 2.73. The summed E-state index contributed by atoms with van der Waals surface area (Å²) < 4.78 is 5.30. The van der Waals surface area contributed by atoms with Crippen molar-refractivity contribution in [2.24, 2.45) is 0 Å². The standard InChI is InChI=1S/C20H24ClNO2/c1-12(2)15-7-6-8-16(13(3)4)19(15)22-20(23)17-11-14(21)9-10-18(17)24-5/h6-13H,1-5H3,(H,22,23). The van der Waals surface area contributed by atoms with Crippen molar-refractivity contribution in [3.05, 3.63) is 58.1 Å². The van der Waals surface area contributed by atoms with Crippen LogP contribution in [0.5, 0.6) is 5.75 Å². The van der Waals surface area contributed by atoms with Gasteiger partial charge in [0.25, 0.3) is 5.91 Å². The summed E-state index contributed by atoms with van der Waals surface area (Å²) in [5.74, 6) is 0.898. The lowest BCUT2D eigenvalue weighted by Crippen LogP contribution is -2.16. The van der Waals surface area contributed by atoms with Crippen molar-refractivity contribution in [1.29, 1.82) is 0 Å². The van der Waals surface area contributed by atoms with Crippen molar-refractivity contribution in [2.75, 3.05) is 12.4 Å². The molecule has 0 saturated heterocycles. The molecule has 0 saturated carbocycles. The third-order valence-electron chi connectivity index (χ3n) is 4.02. The molecule has 3 nitrogen and oxygen atoms in total. The van der Waals surface area contributed by atoms with Crippen molar-refractivity contribution in [2.45, 2.75) is 39.5 Å². The zero-order valence-electron chi connectivity index (χ0n) is 14.8. The zero-order valence-corrected chi connectivity index (χ0v) is 15.6. The minimum atomic E-state index is -0.218. The molecule has 0 unspecified atom stereocenters. The molecule has 0 atom stereocenters. The number of anilines is 1. The van der Waals surface area contributed by atoms with Crippen LogP contribution < -0.4 is 10.1 Å². The van der Waals surface area contributed by atoms with Crippen molar-refractivity contribution >= 4 is 23.2 Å². The van der Waals surface area contributed by atoms with Gasteiger partial charge < -0.3 is 10.1 Å². The fourth-order valence-corrected chi connectivity index (χ4v) is 2.91. The van der Waals surface area contributed by atoms with E-state index >= 15 is 0 Å². The number of hydrogen-bond acceptors (Lipinski definition) is 2. The number of rotatable bonds is 5. The Balaban J connectivity index is 2.47. The third-order valence-corrected chi connectivity index (χ3v) is 4.25. The minimum absolute atomic E-state index is 0.218. The molecule has 0 spiro atoms. The number of amides is 1. The van der Waals surface area contributed by atoms with E-state index in [0.29, 0.717) is 28.2 Å². The molecule has 0 bridgehead atoms. The summed E-state index contributed by atoms with van der Waals surface area (Å²) in [6.07, 6.45) is 0. The molecule has 24 heavy (non-hydrogen) atoms. The van der Waals surface area contributed by atoms with Gasteiger partial charge in [0, 0.05) is 10.7 Å². The van der Waals surface area contributed by atoms with Gasteiger partial charge in [0.15, 0.2) is 0 Å². The van der Waals surface area contributed by atoms with Crippen LogP contribution in [0.4, 0.5) is 5.69 Å². The van der Waals surface area contributed by atoms with Crippen LogP contribution in [-0.2, 0) is 0 Å². The van der Waals surface area contributed by atoms with Gasteiger partial charge in [-0.1, -0.05) is 57.5 Å². The average molecular weight is 346 g/mol. The minimum Gasteiger partial charge on any atom is -0.496 e. The Morgan fingerprint density at radius 2 is 1.62 bits per heavy atom. The van der Waals surface area contributed by atoms with Crippen molar-refractivity contribution < 1.29 is 9.53 Å². The Morgan fingerprint density at radius 1 is 1.04 bits per heavy atom. The molecule has 1 N–H and O–H groups in total. The summed E-state index contributed by atoms with van der Waals surface area (Å²) in [6.45, 7) is 8.48. The number of hydrogen-bond donors (Lipinski definition) is 1. The molecular weight excluding hydrogens is 322 g/mol. The topological polar surface area (TPSA) is 38.3 Å². The largest absolute Gasteiger partial charge is 0.496 e. The van der Waals surface area contributed by atoms with Gasteiger partial charge in [0.2, 0.25) is 0 Å². The van der Waals surface area contributed by atoms with Gasteiger partial charge in [-0.3, -0.25) is 4.79 Å². The SMILES string of the molecule is COc1ccc(Cl)cc1C(=O)Nc1c(C(C)C)cccc1C(C)C. The van der Waals surface area contributed by atoms with E-state index in [2.05, 4.69) is 45.1 Å². The number of carbonyl (C=O) groups excluding carboxylic acids is 1. The molecule has 4 heteroatoms. The predicted molar refractivity (Wildman–Crippen MR) is 101 cm³/mol. The first kappa shape index (κ1) is 18.3. The van der Waals surface area contributed by atoms with E-state index in [9.17, 15) is 4.79 Å². The van der Waals surface area contributed by atoms with Crippen molar-refractivity contribution in [1.82, 2.24) is 0 Å².